The Morgan fingerprint density at radius 1 is 1.33 bits per heavy atom. The molecular weight excluding hydrogens is 204 g/mol. The number of nitrogen functional groups attached to an aromatic ring is 1. The Labute approximate surface area is 93.8 Å². The summed E-state index contributed by atoms with van der Waals surface area (Å²) in [7, 11) is 0. The first kappa shape index (κ1) is 10.2. The molecule has 1 heterocycles. The van der Waals surface area contributed by atoms with Gasteiger partial charge in [0.25, 0.3) is 0 Å². The van der Waals surface area contributed by atoms with Gasteiger partial charge < -0.3 is 5.73 Å². The van der Waals surface area contributed by atoms with Crippen molar-refractivity contribution in [2.75, 3.05) is 5.73 Å². The van der Waals surface area contributed by atoms with Crippen molar-refractivity contribution in [1.82, 2.24) is 4.98 Å². The minimum Gasteiger partial charge on any atom is -0.375 e. The smallest absolute Gasteiger partial charge is 0.180 e. The highest BCUT2D eigenvalue weighted by Crippen LogP contribution is 2.21. The lowest BCUT2D eigenvalue weighted by molar-refractivity contribution is 1.16. The number of hydrogen-bond donors (Lipinski definition) is 1. The van der Waals surface area contributed by atoms with Crippen LogP contribution >= 0.6 is 11.3 Å². The van der Waals surface area contributed by atoms with E-state index in [9.17, 15) is 0 Å². The average molecular weight is 218 g/mol. The van der Waals surface area contributed by atoms with Crippen LogP contribution in [-0.2, 0) is 6.42 Å². The summed E-state index contributed by atoms with van der Waals surface area (Å²) in [6.45, 7) is 4.25. The molecule has 2 aromatic rings. The summed E-state index contributed by atoms with van der Waals surface area (Å²) in [4.78, 5) is 5.28. The standard InChI is InChI=1S/C12H14N2S/c1-8-3-4-9(2)10(5-8)6-11-7-14-12(13)15-11/h3-5,7H,6H2,1-2H3,(H2,13,14). The molecular formula is C12H14N2S. The van der Waals surface area contributed by atoms with Crippen LogP contribution in [0.4, 0.5) is 5.13 Å². The number of anilines is 1. The molecule has 2 N–H and O–H groups in total. The second kappa shape index (κ2) is 4.03. The molecule has 0 radical (unpaired) electrons. The number of hydrogen-bond acceptors (Lipinski definition) is 3. The molecule has 0 saturated heterocycles. The fourth-order valence-electron chi connectivity index (χ4n) is 1.58. The number of benzene rings is 1. The number of aryl methyl sites for hydroxylation is 2. The second-order valence-electron chi connectivity index (χ2n) is 3.77. The van der Waals surface area contributed by atoms with Crippen LogP contribution in [0, 0.1) is 13.8 Å². The third kappa shape index (κ3) is 2.36. The molecule has 2 rings (SSSR count). The van der Waals surface area contributed by atoms with Crippen molar-refractivity contribution in [2.45, 2.75) is 20.3 Å². The molecule has 0 aliphatic carbocycles. The summed E-state index contributed by atoms with van der Waals surface area (Å²) in [5.41, 5.74) is 9.59. The lowest BCUT2D eigenvalue weighted by atomic mass is 10.0. The van der Waals surface area contributed by atoms with E-state index in [0.29, 0.717) is 5.13 Å². The van der Waals surface area contributed by atoms with Gasteiger partial charge in [0.05, 0.1) is 0 Å². The van der Waals surface area contributed by atoms with E-state index in [0.717, 1.165) is 6.42 Å². The van der Waals surface area contributed by atoms with Gasteiger partial charge in [-0.1, -0.05) is 23.8 Å². The zero-order valence-corrected chi connectivity index (χ0v) is 9.77. The second-order valence-corrected chi connectivity index (χ2v) is 4.92. The molecule has 0 fully saturated rings. The Morgan fingerprint density at radius 2 is 2.13 bits per heavy atom. The van der Waals surface area contributed by atoms with E-state index in [-0.39, 0.29) is 0 Å². The molecule has 0 bridgehead atoms. The maximum absolute atomic E-state index is 5.61. The molecule has 3 heteroatoms. The van der Waals surface area contributed by atoms with Crippen LogP contribution in [0.5, 0.6) is 0 Å². The van der Waals surface area contributed by atoms with E-state index < -0.39 is 0 Å². The Morgan fingerprint density at radius 3 is 2.80 bits per heavy atom. The number of nitrogens with zero attached hydrogens (tertiary/aromatic N) is 1. The molecule has 0 unspecified atom stereocenters. The third-order valence-corrected chi connectivity index (χ3v) is 3.27. The van der Waals surface area contributed by atoms with E-state index in [2.05, 4.69) is 37.0 Å². The van der Waals surface area contributed by atoms with Crippen LogP contribution in [0.2, 0.25) is 0 Å². The van der Waals surface area contributed by atoms with Gasteiger partial charge in [0.1, 0.15) is 0 Å². The SMILES string of the molecule is Cc1ccc(C)c(Cc2cnc(N)s2)c1. The number of rotatable bonds is 2. The summed E-state index contributed by atoms with van der Waals surface area (Å²) >= 11 is 1.56. The van der Waals surface area contributed by atoms with E-state index in [1.165, 1.54) is 21.6 Å². The highest BCUT2D eigenvalue weighted by Gasteiger charge is 2.03. The highest BCUT2D eigenvalue weighted by atomic mass is 32.1. The molecule has 0 aliphatic rings. The van der Waals surface area contributed by atoms with E-state index in [4.69, 9.17) is 5.73 Å². The zero-order valence-electron chi connectivity index (χ0n) is 8.95. The maximum Gasteiger partial charge on any atom is 0.180 e. The summed E-state index contributed by atoms with van der Waals surface area (Å²) in [5, 5.41) is 0.648. The van der Waals surface area contributed by atoms with Crippen molar-refractivity contribution in [2.24, 2.45) is 0 Å². The molecule has 0 saturated carbocycles. The van der Waals surface area contributed by atoms with Crippen molar-refractivity contribution in [3.05, 3.63) is 46.0 Å². The van der Waals surface area contributed by atoms with Crippen LogP contribution in [-0.4, -0.2) is 4.98 Å². The molecule has 2 nitrogen and oxygen atoms in total. The molecule has 1 aromatic carbocycles. The summed E-state index contributed by atoms with van der Waals surface area (Å²) in [6.07, 6.45) is 2.80. The predicted molar refractivity (Wildman–Crippen MR) is 65.2 cm³/mol. The van der Waals surface area contributed by atoms with Crippen molar-refractivity contribution in [3.8, 4) is 0 Å². The van der Waals surface area contributed by atoms with E-state index in [1.54, 1.807) is 11.3 Å². The van der Waals surface area contributed by atoms with Gasteiger partial charge in [0, 0.05) is 17.5 Å². The number of nitrogens with two attached hydrogens (primary N) is 1. The molecule has 1 aromatic heterocycles. The quantitative estimate of drug-likeness (QED) is 0.841. The zero-order chi connectivity index (χ0) is 10.8. The largest absolute Gasteiger partial charge is 0.375 e. The first-order chi connectivity index (χ1) is 7.15. The van der Waals surface area contributed by atoms with Gasteiger partial charge in [0.15, 0.2) is 5.13 Å². The first-order valence-electron chi connectivity index (χ1n) is 4.91. The molecule has 78 valence electrons. The first-order valence-corrected chi connectivity index (χ1v) is 5.73. The van der Waals surface area contributed by atoms with Gasteiger partial charge in [0.2, 0.25) is 0 Å². The Balaban J connectivity index is 2.27. The van der Waals surface area contributed by atoms with Crippen molar-refractivity contribution in [3.63, 3.8) is 0 Å². The predicted octanol–water partition coefficient (Wildman–Crippen LogP) is 2.93. The summed E-state index contributed by atoms with van der Waals surface area (Å²) < 4.78 is 0. The Kier molecular flexibility index (Phi) is 2.73. The molecule has 0 aliphatic heterocycles. The number of aromatic nitrogens is 1. The summed E-state index contributed by atoms with van der Waals surface area (Å²) in [5.74, 6) is 0. The van der Waals surface area contributed by atoms with Crippen molar-refractivity contribution >= 4 is 16.5 Å². The van der Waals surface area contributed by atoms with Gasteiger partial charge in [-0.3, -0.25) is 0 Å². The fraction of sp³-hybridized carbons (Fsp3) is 0.250. The van der Waals surface area contributed by atoms with Gasteiger partial charge >= 0.3 is 0 Å². The topological polar surface area (TPSA) is 38.9 Å². The van der Waals surface area contributed by atoms with Crippen LogP contribution in [0.1, 0.15) is 21.6 Å². The summed E-state index contributed by atoms with van der Waals surface area (Å²) in [6, 6.07) is 6.53. The maximum atomic E-state index is 5.61. The third-order valence-electron chi connectivity index (χ3n) is 2.44. The van der Waals surface area contributed by atoms with Crippen LogP contribution in [0.25, 0.3) is 0 Å². The van der Waals surface area contributed by atoms with Crippen LogP contribution < -0.4 is 5.73 Å². The van der Waals surface area contributed by atoms with Crippen molar-refractivity contribution < 1.29 is 0 Å². The van der Waals surface area contributed by atoms with Crippen LogP contribution in [0.3, 0.4) is 0 Å². The molecule has 0 amide bonds. The average Bonchev–Trinajstić information content (AvgIpc) is 2.58. The monoisotopic (exact) mass is 218 g/mol. The minimum absolute atomic E-state index is 0.648. The van der Waals surface area contributed by atoms with Gasteiger partial charge in [-0.25, -0.2) is 4.98 Å². The van der Waals surface area contributed by atoms with Crippen LogP contribution in [0.15, 0.2) is 24.4 Å². The fourth-order valence-corrected chi connectivity index (χ4v) is 2.29. The van der Waals surface area contributed by atoms with Gasteiger partial charge in [-0.05, 0) is 25.0 Å². The van der Waals surface area contributed by atoms with E-state index >= 15 is 0 Å². The van der Waals surface area contributed by atoms with Gasteiger partial charge in [-0.2, -0.15) is 0 Å². The minimum atomic E-state index is 0.648. The Bertz CT molecular complexity index is 474. The molecule has 15 heavy (non-hydrogen) atoms. The Hall–Kier alpha value is -1.35. The van der Waals surface area contributed by atoms with Gasteiger partial charge in [-0.15, -0.1) is 11.3 Å². The number of thiazole rings is 1. The normalized spacial score (nSPS) is 10.5. The lowest BCUT2D eigenvalue weighted by Gasteiger charge is -2.04. The molecule has 0 spiro atoms. The lowest BCUT2D eigenvalue weighted by Crippen LogP contribution is -1.90. The highest BCUT2D eigenvalue weighted by molar-refractivity contribution is 7.15. The van der Waals surface area contributed by atoms with E-state index in [1.807, 2.05) is 6.20 Å². The molecule has 0 atom stereocenters. The van der Waals surface area contributed by atoms with Crippen molar-refractivity contribution in [1.29, 1.82) is 0 Å².